The molecule has 0 unspecified atom stereocenters. The average molecular weight is 236 g/mol. The van der Waals surface area contributed by atoms with E-state index in [1.165, 1.54) is 0 Å². The highest BCUT2D eigenvalue weighted by molar-refractivity contribution is 7.11. The van der Waals surface area contributed by atoms with Crippen LogP contribution in [0.25, 0.3) is 0 Å². The van der Waals surface area contributed by atoms with Crippen LogP contribution < -0.4 is 14.2 Å². The van der Waals surface area contributed by atoms with Crippen LogP contribution in [-0.4, -0.2) is 14.2 Å². The molecule has 1 aromatic heterocycles. The van der Waals surface area contributed by atoms with Gasteiger partial charge in [-0.1, -0.05) is 0 Å². The summed E-state index contributed by atoms with van der Waals surface area (Å²) in [5.41, 5.74) is 0. The van der Waals surface area contributed by atoms with Crippen LogP contribution in [-0.2, 0) is 0 Å². The molecule has 1 aromatic carbocycles. The molecule has 0 aliphatic carbocycles. The minimum Gasteiger partial charge on any atom is -0.493 e. The van der Waals surface area contributed by atoms with Crippen LogP contribution in [0.2, 0.25) is 0 Å². The second kappa shape index (κ2) is 4.90. The number of benzene rings is 1. The van der Waals surface area contributed by atoms with Gasteiger partial charge in [0.2, 0.25) is 0 Å². The maximum atomic E-state index is 5.64. The first kappa shape index (κ1) is 10.8. The molecule has 3 nitrogen and oxygen atoms in total. The molecule has 16 heavy (non-hydrogen) atoms. The van der Waals surface area contributed by atoms with Crippen molar-refractivity contribution in [3.05, 3.63) is 35.7 Å². The molecule has 2 rings (SSSR count). The molecular formula is C12H12O3S. The monoisotopic (exact) mass is 236 g/mol. The molecule has 0 amide bonds. The Morgan fingerprint density at radius 3 is 2.44 bits per heavy atom. The quantitative estimate of drug-likeness (QED) is 0.812. The Bertz CT molecular complexity index is 451. The van der Waals surface area contributed by atoms with Crippen molar-refractivity contribution < 1.29 is 14.2 Å². The molecule has 1 heterocycles. The van der Waals surface area contributed by atoms with Gasteiger partial charge in [-0.3, -0.25) is 0 Å². The summed E-state index contributed by atoms with van der Waals surface area (Å²) in [7, 11) is 3.21. The second-order valence-electron chi connectivity index (χ2n) is 3.05. The maximum absolute atomic E-state index is 5.64. The van der Waals surface area contributed by atoms with Crippen molar-refractivity contribution in [3.8, 4) is 22.3 Å². The van der Waals surface area contributed by atoms with Crippen LogP contribution in [0.15, 0.2) is 35.7 Å². The largest absolute Gasteiger partial charge is 0.493 e. The first-order valence-electron chi connectivity index (χ1n) is 4.77. The Balaban J connectivity index is 2.22. The number of thiophene rings is 1. The Hall–Kier alpha value is -1.68. The van der Waals surface area contributed by atoms with Crippen LogP contribution in [0.1, 0.15) is 0 Å². The van der Waals surface area contributed by atoms with Gasteiger partial charge in [-0.15, -0.1) is 11.3 Å². The predicted molar refractivity (Wildman–Crippen MR) is 63.9 cm³/mol. The molecule has 0 spiro atoms. The summed E-state index contributed by atoms with van der Waals surface area (Å²) >= 11 is 1.55. The van der Waals surface area contributed by atoms with Crippen LogP contribution in [0.5, 0.6) is 22.3 Å². The SMILES string of the molecule is COc1ccc(Oc2cccs2)cc1OC. The molecule has 84 valence electrons. The van der Waals surface area contributed by atoms with Gasteiger partial charge >= 0.3 is 0 Å². The smallest absolute Gasteiger partial charge is 0.180 e. The fourth-order valence-corrected chi connectivity index (χ4v) is 1.91. The van der Waals surface area contributed by atoms with Crippen molar-refractivity contribution in [2.45, 2.75) is 0 Å². The first-order valence-corrected chi connectivity index (χ1v) is 5.65. The molecule has 0 bridgehead atoms. The van der Waals surface area contributed by atoms with E-state index in [9.17, 15) is 0 Å². The molecule has 0 aliphatic rings. The van der Waals surface area contributed by atoms with E-state index < -0.39 is 0 Å². The molecular weight excluding hydrogens is 224 g/mol. The Labute approximate surface area is 98.2 Å². The third-order valence-electron chi connectivity index (χ3n) is 2.07. The summed E-state index contributed by atoms with van der Waals surface area (Å²) in [6.45, 7) is 0. The normalized spacial score (nSPS) is 9.88. The van der Waals surface area contributed by atoms with Crippen molar-refractivity contribution in [1.29, 1.82) is 0 Å². The summed E-state index contributed by atoms with van der Waals surface area (Å²) in [6, 6.07) is 9.34. The molecule has 0 atom stereocenters. The zero-order chi connectivity index (χ0) is 11.4. The lowest BCUT2D eigenvalue weighted by atomic mass is 10.3. The number of rotatable bonds is 4. The highest BCUT2D eigenvalue weighted by Gasteiger charge is 2.06. The highest BCUT2D eigenvalue weighted by atomic mass is 32.1. The molecule has 4 heteroatoms. The number of hydrogen-bond acceptors (Lipinski definition) is 4. The van der Waals surface area contributed by atoms with Crippen molar-refractivity contribution in [2.75, 3.05) is 14.2 Å². The highest BCUT2D eigenvalue weighted by Crippen LogP contribution is 2.34. The topological polar surface area (TPSA) is 27.7 Å². The lowest BCUT2D eigenvalue weighted by molar-refractivity contribution is 0.352. The van der Waals surface area contributed by atoms with Gasteiger partial charge < -0.3 is 14.2 Å². The van der Waals surface area contributed by atoms with Gasteiger partial charge in [0, 0.05) is 6.07 Å². The molecule has 2 aromatic rings. The van der Waals surface area contributed by atoms with Crippen LogP contribution >= 0.6 is 11.3 Å². The zero-order valence-corrected chi connectivity index (χ0v) is 9.91. The minimum atomic E-state index is 0.663. The standard InChI is InChI=1S/C12H12O3S/c1-13-10-6-5-9(8-11(10)14-2)15-12-4-3-7-16-12/h3-8H,1-2H3. The predicted octanol–water partition coefficient (Wildman–Crippen LogP) is 3.56. The maximum Gasteiger partial charge on any atom is 0.180 e. The van der Waals surface area contributed by atoms with E-state index in [2.05, 4.69) is 0 Å². The number of hydrogen-bond donors (Lipinski definition) is 0. The van der Waals surface area contributed by atoms with Crippen molar-refractivity contribution >= 4 is 11.3 Å². The third kappa shape index (κ3) is 2.28. The molecule has 0 saturated heterocycles. The summed E-state index contributed by atoms with van der Waals surface area (Å²) in [5.74, 6) is 2.10. The van der Waals surface area contributed by atoms with E-state index >= 15 is 0 Å². The summed E-state index contributed by atoms with van der Waals surface area (Å²) in [6.07, 6.45) is 0. The lowest BCUT2D eigenvalue weighted by Gasteiger charge is -2.09. The van der Waals surface area contributed by atoms with Crippen molar-refractivity contribution in [2.24, 2.45) is 0 Å². The summed E-state index contributed by atoms with van der Waals surface area (Å²) < 4.78 is 16.0. The summed E-state index contributed by atoms with van der Waals surface area (Å²) in [5, 5.41) is 2.82. The van der Waals surface area contributed by atoms with Gasteiger partial charge in [0.1, 0.15) is 5.75 Å². The fourth-order valence-electron chi connectivity index (χ4n) is 1.32. The molecule has 0 N–H and O–H groups in total. The minimum absolute atomic E-state index is 0.663. The second-order valence-corrected chi connectivity index (χ2v) is 3.96. The fraction of sp³-hybridized carbons (Fsp3) is 0.167. The van der Waals surface area contributed by atoms with Crippen LogP contribution in [0, 0.1) is 0 Å². The van der Waals surface area contributed by atoms with Crippen LogP contribution in [0.3, 0.4) is 0 Å². The molecule has 0 fully saturated rings. The van der Waals surface area contributed by atoms with Gasteiger partial charge in [0.15, 0.2) is 16.6 Å². The van der Waals surface area contributed by atoms with E-state index in [0.717, 1.165) is 10.8 Å². The van der Waals surface area contributed by atoms with E-state index in [4.69, 9.17) is 14.2 Å². The molecule has 0 aliphatic heterocycles. The van der Waals surface area contributed by atoms with Gasteiger partial charge in [0.25, 0.3) is 0 Å². The Kier molecular flexibility index (Phi) is 3.31. The number of ether oxygens (including phenoxy) is 3. The van der Waals surface area contributed by atoms with E-state index in [1.807, 2.05) is 29.6 Å². The van der Waals surface area contributed by atoms with E-state index in [1.54, 1.807) is 31.6 Å². The van der Waals surface area contributed by atoms with Gasteiger partial charge in [-0.25, -0.2) is 0 Å². The molecule has 0 saturated carbocycles. The first-order chi connectivity index (χ1) is 7.83. The Morgan fingerprint density at radius 1 is 1.00 bits per heavy atom. The number of methoxy groups -OCH3 is 2. The van der Waals surface area contributed by atoms with Gasteiger partial charge in [0.05, 0.1) is 14.2 Å². The summed E-state index contributed by atoms with van der Waals surface area (Å²) in [4.78, 5) is 0. The third-order valence-corrected chi connectivity index (χ3v) is 2.81. The zero-order valence-electron chi connectivity index (χ0n) is 9.10. The lowest BCUT2D eigenvalue weighted by Crippen LogP contribution is -1.91. The van der Waals surface area contributed by atoms with Crippen molar-refractivity contribution in [3.63, 3.8) is 0 Å². The van der Waals surface area contributed by atoms with Crippen LogP contribution in [0.4, 0.5) is 0 Å². The van der Waals surface area contributed by atoms with Crippen molar-refractivity contribution in [1.82, 2.24) is 0 Å². The van der Waals surface area contributed by atoms with Gasteiger partial charge in [-0.05, 0) is 29.6 Å². The molecule has 0 radical (unpaired) electrons. The van der Waals surface area contributed by atoms with E-state index in [-0.39, 0.29) is 0 Å². The Morgan fingerprint density at radius 2 is 1.81 bits per heavy atom. The van der Waals surface area contributed by atoms with Gasteiger partial charge in [-0.2, -0.15) is 0 Å². The average Bonchev–Trinajstić information content (AvgIpc) is 2.81. The van der Waals surface area contributed by atoms with E-state index in [0.29, 0.717) is 11.5 Å².